The van der Waals surface area contributed by atoms with E-state index < -0.39 is 0 Å². The second-order valence-corrected chi connectivity index (χ2v) is 4.29. The molecule has 1 aliphatic heterocycles. The molecule has 1 unspecified atom stereocenters. The van der Waals surface area contributed by atoms with Crippen molar-refractivity contribution in [2.75, 3.05) is 11.0 Å². The SMILES string of the molecule is C=PN1CCCCC1CI. The summed E-state index contributed by atoms with van der Waals surface area (Å²) in [4.78, 5) is 0. The van der Waals surface area contributed by atoms with E-state index in [1.54, 1.807) is 0 Å². The Morgan fingerprint density at radius 3 is 2.90 bits per heavy atom. The van der Waals surface area contributed by atoms with Crippen LogP contribution in [0.3, 0.4) is 0 Å². The molecule has 0 aromatic rings. The van der Waals surface area contributed by atoms with Crippen LogP contribution in [-0.4, -0.2) is 28.0 Å². The highest BCUT2D eigenvalue weighted by Crippen LogP contribution is 2.23. The first-order chi connectivity index (χ1) is 4.88. The van der Waals surface area contributed by atoms with Crippen molar-refractivity contribution >= 4 is 37.2 Å². The Hall–Kier alpha value is 0.860. The van der Waals surface area contributed by atoms with E-state index in [0.717, 1.165) is 6.04 Å². The van der Waals surface area contributed by atoms with Gasteiger partial charge in [0.15, 0.2) is 0 Å². The Morgan fingerprint density at radius 2 is 2.40 bits per heavy atom. The summed E-state index contributed by atoms with van der Waals surface area (Å²) in [6.07, 6.45) is 8.07. The van der Waals surface area contributed by atoms with Crippen molar-refractivity contribution in [2.24, 2.45) is 0 Å². The van der Waals surface area contributed by atoms with Crippen LogP contribution in [0.5, 0.6) is 0 Å². The summed E-state index contributed by atoms with van der Waals surface area (Å²) in [5.41, 5.74) is 0. The van der Waals surface area contributed by atoms with Gasteiger partial charge in [0.1, 0.15) is 0 Å². The third-order valence-corrected chi connectivity index (χ3v) is 3.86. The van der Waals surface area contributed by atoms with Crippen molar-refractivity contribution in [3.63, 3.8) is 0 Å². The number of hydrogen-bond acceptors (Lipinski definition) is 1. The molecule has 0 radical (unpaired) electrons. The Kier molecular flexibility index (Phi) is 4.19. The van der Waals surface area contributed by atoms with Crippen molar-refractivity contribution in [3.8, 4) is 0 Å². The largest absolute Gasteiger partial charge is 0.254 e. The van der Waals surface area contributed by atoms with Gasteiger partial charge in [-0.2, -0.15) is 0 Å². The topological polar surface area (TPSA) is 3.24 Å². The van der Waals surface area contributed by atoms with Gasteiger partial charge in [-0.25, -0.2) is 0 Å². The molecule has 1 heterocycles. The van der Waals surface area contributed by atoms with Crippen LogP contribution in [0.25, 0.3) is 0 Å². The minimum Gasteiger partial charge on any atom is -0.254 e. The lowest BCUT2D eigenvalue weighted by Crippen LogP contribution is -2.33. The van der Waals surface area contributed by atoms with Gasteiger partial charge < -0.3 is 0 Å². The fourth-order valence-electron chi connectivity index (χ4n) is 1.33. The normalized spacial score (nSPS) is 29.1. The van der Waals surface area contributed by atoms with Crippen LogP contribution in [0, 0.1) is 0 Å². The van der Waals surface area contributed by atoms with E-state index in [-0.39, 0.29) is 0 Å². The van der Waals surface area contributed by atoms with Gasteiger partial charge in [0.25, 0.3) is 0 Å². The average Bonchev–Trinajstić information content (AvgIpc) is 2.04. The fourth-order valence-corrected chi connectivity index (χ4v) is 3.27. The van der Waals surface area contributed by atoms with Gasteiger partial charge in [0.05, 0.1) is 0 Å². The van der Waals surface area contributed by atoms with E-state index >= 15 is 0 Å². The molecule has 0 bridgehead atoms. The summed E-state index contributed by atoms with van der Waals surface area (Å²) in [6.45, 7) is 1.26. The number of alkyl halides is 1. The summed E-state index contributed by atoms with van der Waals surface area (Å²) < 4.78 is 3.73. The van der Waals surface area contributed by atoms with E-state index in [4.69, 9.17) is 0 Å². The second-order valence-electron chi connectivity index (χ2n) is 2.61. The van der Waals surface area contributed by atoms with Gasteiger partial charge in [-0.15, -0.1) is 0 Å². The van der Waals surface area contributed by atoms with Crippen LogP contribution in [0.2, 0.25) is 0 Å². The molecule has 0 aromatic carbocycles. The van der Waals surface area contributed by atoms with Gasteiger partial charge in [0, 0.05) is 17.0 Å². The molecule has 1 rings (SSSR count). The summed E-state index contributed by atoms with van der Waals surface area (Å²) in [7, 11) is 1.21. The van der Waals surface area contributed by atoms with Crippen molar-refractivity contribution in [1.82, 2.24) is 4.67 Å². The van der Waals surface area contributed by atoms with Gasteiger partial charge >= 0.3 is 0 Å². The van der Waals surface area contributed by atoms with Gasteiger partial charge in [-0.3, -0.25) is 4.67 Å². The lowest BCUT2D eigenvalue weighted by Gasteiger charge is -2.30. The fraction of sp³-hybridized carbons (Fsp3) is 0.857. The van der Waals surface area contributed by atoms with Crippen molar-refractivity contribution in [2.45, 2.75) is 25.3 Å². The van der Waals surface area contributed by atoms with E-state index in [2.05, 4.69) is 33.6 Å². The van der Waals surface area contributed by atoms with Crippen LogP contribution in [0.15, 0.2) is 0 Å². The number of rotatable bonds is 2. The molecule has 1 saturated heterocycles. The van der Waals surface area contributed by atoms with Crippen LogP contribution in [0.4, 0.5) is 0 Å². The lowest BCUT2D eigenvalue weighted by molar-refractivity contribution is 0.297. The molecule has 1 nitrogen and oxygen atoms in total. The van der Waals surface area contributed by atoms with Crippen molar-refractivity contribution in [1.29, 1.82) is 0 Å². The van der Waals surface area contributed by atoms with Crippen LogP contribution < -0.4 is 0 Å². The molecule has 1 aliphatic rings. The summed E-state index contributed by atoms with van der Waals surface area (Å²) in [6, 6.07) is 0.813. The van der Waals surface area contributed by atoms with Gasteiger partial charge in [-0.05, 0) is 21.2 Å². The summed E-state index contributed by atoms with van der Waals surface area (Å²) in [5.74, 6) is 0. The molecule has 0 aromatic heterocycles. The first-order valence-electron chi connectivity index (χ1n) is 3.67. The highest BCUT2D eigenvalue weighted by molar-refractivity contribution is 14.1. The Bertz CT molecular complexity index is 118. The van der Waals surface area contributed by atoms with E-state index in [9.17, 15) is 0 Å². The minimum atomic E-state index is 0.813. The Labute approximate surface area is 78.2 Å². The maximum atomic E-state index is 3.90. The highest BCUT2D eigenvalue weighted by atomic mass is 127. The predicted molar refractivity (Wildman–Crippen MR) is 57.3 cm³/mol. The number of piperidine rings is 1. The standard InChI is InChI=1S/C7H13INP/c1-10-9-5-3-2-4-7(9)6-8/h7H,1-6H2. The van der Waals surface area contributed by atoms with Crippen LogP contribution >= 0.6 is 30.9 Å². The molecule has 0 aliphatic carbocycles. The molecule has 1 atom stereocenters. The quantitative estimate of drug-likeness (QED) is 0.423. The Balaban J connectivity index is 2.41. The predicted octanol–water partition coefficient (Wildman–Crippen LogP) is 2.57. The molecule has 0 N–H and O–H groups in total. The zero-order valence-corrected chi connectivity index (χ0v) is 9.14. The lowest BCUT2D eigenvalue weighted by atomic mass is 10.1. The zero-order valence-electron chi connectivity index (χ0n) is 6.09. The first-order valence-corrected chi connectivity index (χ1v) is 6.23. The van der Waals surface area contributed by atoms with E-state index in [1.807, 2.05) is 0 Å². The minimum absolute atomic E-state index is 0.813. The summed E-state index contributed by atoms with van der Waals surface area (Å²) >= 11 is 2.47. The van der Waals surface area contributed by atoms with Gasteiger partial charge in [0.2, 0.25) is 0 Å². The number of halogens is 1. The molecule has 0 amide bonds. The Morgan fingerprint density at radius 1 is 1.60 bits per heavy atom. The maximum absolute atomic E-state index is 3.90. The highest BCUT2D eigenvalue weighted by Gasteiger charge is 2.18. The third kappa shape index (κ3) is 2.18. The number of hydrogen-bond donors (Lipinski definition) is 0. The molecule has 58 valence electrons. The molecule has 1 fully saturated rings. The molecule has 0 saturated carbocycles. The first kappa shape index (κ1) is 8.95. The zero-order chi connectivity index (χ0) is 7.40. The van der Waals surface area contributed by atoms with Crippen molar-refractivity contribution in [3.05, 3.63) is 0 Å². The van der Waals surface area contributed by atoms with E-state index in [1.165, 1.54) is 38.6 Å². The van der Waals surface area contributed by atoms with Crippen LogP contribution in [-0.2, 0) is 0 Å². The molecular weight excluding hydrogens is 256 g/mol. The average molecular weight is 269 g/mol. The summed E-state index contributed by atoms with van der Waals surface area (Å²) in [5, 5.41) is 0. The third-order valence-electron chi connectivity index (χ3n) is 1.96. The molecule has 10 heavy (non-hydrogen) atoms. The molecule has 3 heteroatoms. The monoisotopic (exact) mass is 269 g/mol. The molecular formula is C7H13INP. The van der Waals surface area contributed by atoms with Crippen molar-refractivity contribution < 1.29 is 0 Å². The molecule has 0 spiro atoms. The smallest absolute Gasteiger partial charge is 0.0269 e. The maximum Gasteiger partial charge on any atom is 0.0269 e. The number of nitrogens with zero attached hydrogens (tertiary/aromatic N) is 1. The van der Waals surface area contributed by atoms with Crippen LogP contribution in [0.1, 0.15) is 19.3 Å². The van der Waals surface area contributed by atoms with E-state index in [0.29, 0.717) is 0 Å². The second kappa shape index (κ2) is 4.68. The van der Waals surface area contributed by atoms with Gasteiger partial charge in [-0.1, -0.05) is 35.3 Å².